The first-order chi connectivity index (χ1) is 14.0. The minimum atomic E-state index is -0.249. The van der Waals surface area contributed by atoms with Gasteiger partial charge in [-0.2, -0.15) is 0 Å². The largest absolute Gasteiger partial charge is 0.493 e. The molecule has 0 spiro atoms. The van der Waals surface area contributed by atoms with E-state index in [0.717, 1.165) is 16.7 Å². The Hall–Kier alpha value is -3.73. The maximum Gasteiger partial charge on any atom is 0.256 e. The molecule has 0 aliphatic heterocycles. The van der Waals surface area contributed by atoms with Gasteiger partial charge in [0, 0.05) is 5.57 Å². The van der Waals surface area contributed by atoms with E-state index in [1.54, 1.807) is 26.4 Å². The van der Waals surface area contributed by atoms with Gasteiger partial charge in [0.05, 0.1) is 25.6 Å². The van der Waals surface area contributed by atoms with E-state index in [1.807, 2.05) is 67.6 Å². The summed E-state index contributed by atoms with van der Waals surface area (Å²) in [7, 11) is 3.17. The Balaban J connectivity index is 2.03. The molecule has 1 amide bonds. The summed E-state index contributed by atoms with van der Waals surface area (Å²) >= 11 is 0. The molecule has 0 bridgehead atoms. The van der Waals surface area contributed by atoms with E-state index in [4.69, 9.17) is 15.2 Å². The van der Waals surface area contributed by atoms with Gasteiger partial charge < -0.3 is 20.5 Å². The maximum absolute atomic E-state index is 13.1. The van der Waals surface area contributed by atoms with Gasteiger partial charge in [0.1, 0.15) is 0 Å². The fraction of sp³-hybridized carbons (Fsp3) is 0.125. The first-order valence-corrected chi connectivity index (χ1v) is 9.18. The normalized spacial score (nSPS) is 11.1. The summed E-state index contributed by atoms with van der Waals surface area (Å²) in [6.45, 7) is 2.01. The summed E-state index contributed by atoms with van der Waals surface area (Å²) in [5.41, 5.74) is 10.3. The number of para-hydroxylation sites is 2. The number of amides is 1. The molecule has 0 saturated heterocycles. The van der Waals surface area contributed by atoms with Crippen molar-refractivity contribution in [3.63, 3.8) is 0 Å². The predicted molar refractivity (Wildman–Crippen MR) is 118 cm³/mol. The Morgan fingerprint density at radius 2 is 1.62 bits per heavy atom. The number of hydrogen-bond donors (Lipinski definition) is 2. The summed E-state index contributed by atoms with van der Waals surface area (Å²) in [4.78, 5) is 13.1. The van der Waals surface area contributed by atoms with Crippen LogP contribution in [0.15, 0.2) is 66.7 Å². The minimum Gasteiger partial charge on any atom is -0.493 e. The van der Waals surface area contributed by atoms with Crippen LogP contribution in [-0.2, 0) is 4.79 Å². The number of benzene rings is 3. The summed E-state index contributed by atoms with van der Waals surface area (Å²) in [6.07, 6.45) is 1.82. The van der Waals surface area contributed by atoms with E-state index >= 15 is 0 Å². The van der Waals surface area contributed by atoms with E-state index in [-0.39, 0.29) is 5.91 Å². The Kier molecular flexibility index (Phi) is 6.19. The third-order valence-electron chi connectivity index (χ3n) is 4.53. The Morgan fingerprint density at radius 3 is 2.28 bits per heavy atom. The summed E-state index contributed by atoms with van der Waals surface area (Å²) in [5.74, 6) is 0.974. The Bertz CT molecular complexity index is 1040. The Labute approximate surface area is 170 Å². The molecule has 0 aliphatic carbocycles. The van der Waals surface area contributed by atoms with Crippen LogP contribution in [0.4, 0.5) is 11.4 Å². The summed E-state index contributed by atoms with van der Waals surface area (Å²) in [5, 5.41) is 2.91. The van der Waals surface area contributed by atoms with E-state index in [2.05, 4.69) is 5.32 Å². The number of hydrogen-bond acceptors (Lipinski definition) is 4. The van der Waals surface area contributed by atoms with E-state index in [1.165, 1.54) is 0 Å². The van der Waals surface area contributed by atoms with Crippen molar-refractivity contribution in [1.29, 1.82) is 0 Å². The number of nitrogens with two attached hydrogens (primary N) is 1. The van der Waals surface area contributed by atoms with Crippen LogP contribution in [0.2, 0.25) is 0 Å². The Morgan fingerprint density at radius 1 is 0.931 bits per heavy atom. The average molecular weight is 388 g/mol. The zero-order valence-corrected chi connectivity index (χ0v) is 16.7. The number of ether oxygens (including phenoxy) is 2. The highest BCUT2D eigenvalue weighted by Crippen LogP contribution is 2.30. The second-order valence-electron chi connectivity index (χ2n) is 6.58. The highest BCUT2D eigenvalue weighted by atomic mass is 16.5. The smallest absolute Gasteiger partial charge is 0.256 e. The molecule has 0 aliphatic rings. The zero-order valence-electron chi connectivity index (χ0n) is 16.7. The van der Waals surface area contributed by atoms with E-state index in [9.17, 15) is 4.79 Å². The molecule has 3 N–H and O–H groups in total. The van der Waals surface area contributed by atoms with Gasteiger partial charge in [-0.3, -0.25) is 4.79 Å². The van der Waals surface area contributed by atoms with Crippen LogP contribution in [0.1, 0.15) is 16.7 Å². The van der Waals surface area contributed by atoms with Gasteiger partial charge in [-0.05, 0) is 48.4 Å². The first kappa shape index (κ1) is 20.0. The maximum atomic E-state index is 13.1. The van der Waals surface area contributed by atoms with Crippen molar-refractivity contribution in [1.82, 2.24) is 0 Å². The molecule has 0 aromatic heterocycles. The lowest BCUT2D eigenvalue weighted by Crippen LogP contribution is -2.14. The first-order valence-electron chi connectivity index (χ1n) is 9.18. The van der Waals surface area contributed by atoms with Crippen LogP contribution in [0.5, 0.6) is 11.5 Å². The van der Waals surface area contributed by atoms with Crippen LogP contribution >= 0.6 is 0 Å². The lowest BCUT2D eigenvalue weighted by molar-refractivity contribution is -0.111. The van der Waals surface area contributed by atoms with E-state index in [0.29, 0.717) is 28.4 Å². The van der Waals surface area contributed by atoms with Gasteiger partial charge >= 0.3 is 0 Å². The van der Waals surface area contributed by atoms with Crippen LogP contribution < -0.4 is 20.5 Å². The van der Waals surface area contributed by atoms with Gasteiger partial charge in [0.2, 0.25) is 0 Å². The van der Waals surface area contributed by atoms with Crippen molar-refractivity contribution in [2.24, 2.45) is 0 Å². The van der Waals surface area contributed by atoms with Crippen molar-refractivity contribution in [2.45, 2.75) is 6.92 Å². The van der Waals surface area contributed by atoms with Crippen molar-refractivity contribution in [3.8, 4) is 11.5 Å². The molecule has 29 heavy (non-hydrogen) atoms. The van der Waals surface area contributed by atoms with Crippen LogP contribution in [0.3, 0.4) is 0 Å². The number of aryl methyl sites for hydroxylation is 1. The highest BCUT2D eigenvalue weighted by molar-refractivity contribution is 6.29. The average Bonchev–Trinajstić information content (AvgIpc) is 2.74. The number of nitrogen functional groups attached to an aromatic ring is 1. The van der Waals surface area contributed by atoms with Crippen LogP contribution in [0.25, 0.3) is 11.6 Å². The van der Waals surface area contributed by atoms with Crippen molar-refractivity contribution in [2.75, 3.05) is 25.3 Å². The molecule has 0 radical (unpaired) electrons. The monoisotopic (exact) mass is 388 g/mol. The third-order valence-corrected chi connectivity index (χ3v) is 4.53. The molecule has 3 rings (SSSR count). The molecule has 5 heteroatoms. The number of rotatable bonds is 6. The number of carbonyl (C=O) groups excluding carboxylic acids is 1. The van der Waals surface area contributed by atoms with Gasteiger partial charge in [-0.25, -0.2) is 0 Å². The molecule has 3 aromatic carbocycles. The topological polar surface area (TPSA) is 73.6 Å². The molecular weight excluding hydrogens is 364 g/mol. The van der Waals surface area contributed by atoms with Gasteiger partial charge in [0.15, 0.2) is 11.5 Å². The number of anilines is 2. The molecule has 148 valence electrons. The molecule has 0 atom stereocenters. The second-order valence-corrected chi connectivity index (χ2v) is 6.58. The van der Waals surface area contributed by atoms with Crippen LogP contribution in [-0.4, -0.2) is 20.1 Å². The molecule has 0 unspecified atom stereocenters. The molecule has 3 aromatic rings. The van der Waals surface area contributed by atoms with Crippen molar-refractivity contribution in [3.05, 3.63) is 83.4 Å². The zero-order chi connectivity index (χ0) is 20.8. The molecular formula is C24H24N2O3. The second kappa shape index (κ2) is 8.97. The van der Waals surface area contributed by atoms with Crippen LogP contribution in [0, 0.1) is 6.92 Å². The summed E-state index contributed by atoms with van der Waals surface area (Å²) in [6, 6.07) is 20.5. The quantitative estimate of drug-likeness (QED) is 0.362. The van der Waals surface area contributed by atoms with Crippen molar-refractivity contribution >= 4 is 28.9 Å². The van der Waals surface area contributed by atoms with Gasteiger partial charge in [0.25, 0.3) is 5.91 Å². The number of methoxy groups -OCH3 is 2. The lowest BCUT2D eigenvalue weighted by Gasteiger charge is -2.13. The van der Waals surface area contributed by atoms with Gasteiger partial charge in [-0.1, -0.05) is 48.0 Å². The standard InChI is InChI=1S/C24H24N2O3/c1-16-8-11-18(12-9-16)19(24(27)26-21-7-5-4-6-20(21)25)14-17-10-13-22(28-2)23(15-17)29-3/h4-15H,25H2,1-3H3,(H,26,27). The fourth-order valence-corrected chi connectivity index (χ4v) is 2.92. The third kappa shape index (κ3) is 4.76. The molecule has 5 nitrogen and oxygen atoms in total. The lowest BCUT2D eigenvalue weighted by atomic mass is 10.0. The highest BCUT2D eigenvalue weighted by Gasteiger charge is 2.14. The SMILES string of the molecule is COc1ccc(C=C(C(=O)Nc2ccccc2N)c2ccc(C)cc2)cc1OC. The predicted octanol–water partition coefficient (Wildman–Crippen LogP) is 4.77. The molecule has 0 saturated carbocycles. The summed E-state index contributed by atoms with van der Waals surface area (Å²) < 4.78 is 10.7. The van der Waals surface area contributed by atoms with Crippen molar-refractivity contribution < 1.29 is 14.3 Å². The minimum absolute atomic E-state index is 0.249. The van der Waals surface area contributed by atoms with E-state index < -0.39 is 0 Å². The fourth-order valence-electron chi connectivity index (χ4n) is 2.92. The van der Waals surface area contributed by atoms with Gasteiger partial charge in [-0.15, -0.1) is 0 Å². The molecule has 0 fully saturated rings. The number of nitrogens with one attached hydrogen (secondary N) is 1. The molecule has 0 heterocycles. The number of carbonyl (C=O) groups is 1.